The van der Waals surface area contributed by atoms with Crippen LogP contribution >= 0.6 is 34.9 Å². The molecule has 156 valence electrons. The zero-order valence-electron chi connectivity index (χ0n) is 17.5. The lowest BCUT2D eigenvalue weighted by molar-refractivity contribution is -0.131. The lowest BCUT2D eigenvalue weighted by Crippen LogP contribution is -2.43. The van der Waals surface area contributed by atoms with Crippen molar-refractivity contribution in [3.63, 3.8) is 0 Å². The van der Waals surface area contributed by atoms with Crippen molar-refractivity contribution in [2.24, 2.45) is 0 Å². The minimum absolute atomic E-state index is 0.135. The molecule has 3 rings (SSSR count). The molecule has 0 N–H and O–H groups in total. The number of rotatable bonds is 9. The summed E-state index contributed by atoms with van der Waals surface area (Å²) in [4.78, 5) is 19.2. The highest BCUT2D eigenvalue weighted by atomic mass is 32.2. The predicted molar refractivity (Wildman–Crippen MR) is 123 cm³/mol. The molecule has 0 saturated heterocycles. The third kappa shape index (κ3) is 5.32. The van der Waals surface area contributed by atoms with Gasteiger partial charge in [-0.2, -0.15) is 0 Å². The first kappa shape index (κ1) is 22.1. The minimum atomic E-state index is 0.135. The van der Waals surface area contributed by atoms with Gasteiger partial charge in [-0.25, -0.2) is 4.98 Å². The van der Waals surface area contributed by atoms with Crippen molar-refractivity contribution in [2.75, 3.05) is 5.75 Å². The first-order valence-electron chi connectivity index (χ1n) is 9.75. The molecular formula is C20H27N5OS3. The Hall–Kier alpha value is -1.58. The Morgan fingerprint density at radius 2 is 1.86 bits per heavy atom. The summed E-state index contributed by atoms with van der Waals surface area (Å²) in [5.41, 5.74) is 1.03. The zero-order valence-corrected chi connectivity index (χ0v) is 19.9. The normalized spacial score (nSPS) is 11.7. The van der Waals surface area contributed by atoms with E-state index in [4.69, 9.17) is 0 Å². The fourth-order valence-corrected chi connectivity index (χ4v) is 6.16. The summed E-state index contributed by atoms with van der Waals surface area (Å²) in [6, 6.07) is 8.55. The molecule has 0 aliphatic rings. The van der Waals surface area contributed by atoms with E-state index in [0.29, 0.717) is 11.5 Å². The van der Waals surface area contributed by atoms with Gasteiger partial charge in [-0.1, -0.05) is 35.7 Å². The van der Waals surface area contributed by atoms with E-state index >= 15 is 0 Å². The second-order valence-electron chi connectivity index (χ2n) is 7.16. The molecule has 0 atom stereocenters. The van der Waals surface area contributed by atoms with Crippen molar-refractivity contribution in [1.82, 2.24) is 24.6 Å². The number of amides is 1. The molecule has 2 aromatic heterocycles. The predicted octanol–water partition coefficient (Wildman–Crippen LogP) is 4.94. The summed E-state index contributed by atoms with van der Waals surface area (Å²) in [6.45, 7) is 11.1. The van der Waals surface area contributed by atoms with E-state index in [1.807, 2.05) is 23.1 Å². The molecule has 29 heavy (non-hydrogen) atoms. The average molecular weight is 450 g/mol. The molecular weight excluding hydrogens is 422 g/mol. The number of benzene rings is 1. The van der Waals surface area contributed by atoms with Gasteiger partial charge in [-0.15, -0.1) is 21.5 Å². The van der Waals surface area contributed by atoms with Gasteiger partial charge in [0.25, 0.3) is 0 Å². The number of carbonyl (C=O) groups excluding carboxylic acids is 1. The molecule has 9 heteroatoms. The van der Waals surface area contributed by atoms with Crippen molar-refractivity contribution in [3.05, 3.63) is 30.1 Å². The van der Waals surface area contributed by atoms with Gasteiger partial charge in [-0.3, -0.25) is 4.79 Å². The molecule has 0 saturated carbocycles. The largest absolute Gasteiger partial charge is 0.337 e. The molecule has 0 aliphatic heterocycles. The maximum atomic E-state index is 12.6. The molecule has 1 aromatic carbocycles. The van der Waals surface area contributed by atoms with E-state index in [0.717, 1.165) is 27.4 Å². The van der Waals surface area contributed by atoms with Crippen molar-refractivity contribution >= 4 is 51.0 Å². The maximum absolute atomic E-state index is 12.6. The average Bonchev–Trinajstić information content (AvgIpc) is 3.26. The number of hydrogen-bond acceptors (Lipinski definition) is 7. The summed E-state index contributed by atoms with van der Waals surface area (Å²) in [5, 5.41) is 9.51. The number of nitrogens with zero attached hydrogens (tertiary/aromatic N) is 5. The van der Waals surface area contributed by atoms with Crippen LogP contribution in [0.3, 0.4) is 0 Å². The summed E-state index contributed by atoms with van der Waals surface area (Å²) in [5.74, 6) is 2.13. The van der Waals surface area contributed by atoms with Gasteiger partial charge in [0.15, 0.2) is 9.50 Å². The second kappa shape index (κ2) is 9.95. The third-order valence-corrected chi connectivity index (χ3v) is 7.56. The SMILES string of the molecule is CCn1c(CSc2nc3ccccc3s2)nnc1SCC(=O)N(C(C)C)C(C)C. The number of fused-ring (bicyclic) bond motifs is 1. The van der Waals surface area contributed by atoms with Crippen molar-refractivity contribution in [2.45, 2.75) is 68.5 Å². The quantitative estimate of drug-likeness (QED) is 0.431. The van der Waals surface area contributed by atoms with E-state index < -0.39 is 0 Å². The smallest absolute Gasteiger partial charge is 0.233 e. The van der Waals surface area contributed by atoms with Crippen LogP contribution in [0.4, 0.5) is 0 Å². The van der Waals surface area contributed by atoms with Gasteiger partial charge in [0, 0.05) is 18.6 Å². The van der Waals surface area contributed by atoms with Crippen LogP contribution in [0.15, 0.2) is 33.8 Å². The van der Waals surface area contributed by atoms with Gasteiger partial charge in [0.1, 0.15) is 5.82 Å². The molecule has 2 heterocycles. The van der Waals surface area contributed by atoms with Crippen LogP contribution in [-0.2, 0) is 17.1 Å². The fourth-order valence-electron chi connectivity index (χ4n) is 3.26. The first-order chi connectivity index (χ1) is 13.9. The fraction of sp³-hybridized carbons (Fsp3) is 0.500. The molecule has 1 amide bonds. The van der Waals surface area contributed by atoms with Gasteiger partial charge in [-0.05, 0) is 46.8 Å². The van der Waals surface area contributed by atoms with Gasteiger partial charge >= 0.3 is 0 Å². The van der Waals surface area contributed by atoms with E-state index in [1.54, 1.807) is 23.1 Å². The number of para-hydroxylation sites is 1. The van der Waals surface area contributed by atoms with Crippen molar-refractivity contribution < 1.29 is 4.79 Å². The van der Waals surface area contributed by atoms with Crippen LogP contribution in [0.5, 0.6) is 0 Å². The molecule has 0 radical (unpaired) electrons. The maximum Gasteiger partial charge on any atom is 0.233 e. The lowest BCUT2D eigenvalue weighted by Gasteiger charge is -2.30. The van der Waals surface area contributed by atoms with Crippen molar-refractivity contribution in [3.8, 4) is 0 Å². The number of thioether (sulfide) groups is 2. The Kier molecular flexibility index (Phi) is 7.59. The van der Waals surface area contributed by atoms with Crippen molar-refractivity contribution in [1.29, 1.82) is 0 Å². The van der Waals surface area contributed by atoms with Gasteiger partial charge in [0.2, 0.25) is 5.91 Å². The summed E-state index contributed by atoms with van der Waals surface area (Å²) in [6.07, 6.45) is 0. The summed E-state index contributed by atoms with van der Waals surface area (Å²) in [7, 11) is 0. The van der Waals surface area contributed by atoms with Crippen LogP contribution < -0.4 is 0 Å². The van der Waals surface area contributed by atoms with Crippen LogP contribution in [-0.4, -0.2) is 48.4 Å². The zero-order chi connectivity index (χ0) is 21.0. The van der Waals surface area contributed by atoms with E-state index in [1.165, 1.54) is 16.5 Å². The monoisotopic (exact) mass is 449 g/mol. The second-order valence-corrected chi connectivity index (χ2v) is 10.4. The first-order valence-corrected chi connectivity index (χ1v) is 12.5. The Bertz CT molecular complexity index is 925. The number of carbonyl (C=O) groups is 1. The molecule has 3 aromatic rings. The standard InChI is InChI=1S/C20H27N5OS3/c1-6-24-17(11-28-20-21-15-9-7-8-10-16(15)29-20)22-23-19(24)27-12-18(26)25(13(2)3)14(4)5/h7-10,13-14H,6,11-12H2,1-5H3. The molecule has 0 bridgehead atoms. The van der Waals surface area contributed by atoms with Gasteiger partial charge < -0.3 is 9.47 Å². The number of aromatic nitrogens is 4. The molecule has 0 spiro atoms. The highest BCUT2D eigenvalue weighted by molar-refractivity contribution is 8.00. The number of hydrogen-bond donors (Lipinski definition) is 0. The number of thiazole rings is 1. The Labute approximate surface area is 184 Å². The molecule has 6 nitrogen and oxygen atoms in total. The van der Waals surface area contributed by atoms with E-state index in [2.05, 4.69) is 60.4 Å². The minimum Gasteiger partial charge on any atom is -0.337 e. The topological polar surface area (TPSA) is 63.9 Å². The highest BCUT2D eigenvalue weighted by Crippen LogP contribution is 2.31. The van der Waals surface area contributed by atoms with Crippen LogP contribution in [0.2, 0.25) is 0 Å². The molecule has 0 fully saturated rings. The third-order valence-electron chi connectivity index (χ3n) is 4.43. The molecule has 0 aliphatic carbocycles. The molecule has 0 unspecified atom stereocenters. The summed E-state index contributed by atoms with van der Waals surface area (Å²) < 4.78 is 4.32. The lowest BCUT2D eigenvalue weighted by atomic mass is 10.2. The van der Waals surface area contributed by atoms with Crippen LogP contribution in [0, 0.1) is 0 Å². The van der Waals surface area contributed by atoms with Crippen LogP contribution in [0.1, 0.15) is 40.4 Å². The Morgan fingerprint density at radius 3 is 2.52 bits per heavy atom. The Morgan fingerprint density at radius 1 is 1.14 bits per heavy atom. The van der Waals surface area contributed by atoms with E-state index in [9.17, 15) is 4.79 Å². The van der Waals surface area contributed by atoms with Gasteiger partial charge in [0.05, 0.1) is 21.7 Å². The van der Waals surface area contributed by atoms with E-state index in [-0.39, 0.29) is 18.0 Å². The Balaban J connectivity index is 1.64. The highest BCUT2D eigenvalue weighted by Gasteiger charge is 2.21. The van der Waals surface area contributed by atoms with Crippen LogP contribution in [0.25, 0.3) is 10.2 Å². The summed E-state index contributed by atoms with van der Waals surface area (Å²) >= 11 is 4.84.